The number of thioether (sulfide) groups is 1. The highest BCUT2D eigenvalue weighted by atomic mass is 35.5. The van der Waals surface area contributed by atoms with Crippen LogP contribution in [0.4, 0.5) is 0 Å². The standard InChI is InChI=1S/C13H17Cl2NO2S/c1-8(11-4-3-10(14)7-12(11)15)16-13(18)9(2)19-6-5-17/h3-4,7-9,17H,5-6H2,1-2H3,(H,16,18)/t8-,9-/m0/s1. The summed E-state index contributed by atoms with van der Waals surface area (Å²) in [4.78, 5) is 11.9. The number of benzene rings is 1. The summed E-state index contributed by atoms with van der Waals surface area (Å²) in [7, 11) is 0. The van der Waals surface area contributed by atoms with Crippen molar-refractivity contribution in [1.29, 1.82) is 0 Å². The SMILES string of the molecule is C[C@H](SCCO)C(=O)N[C@@H](C)c1ccc(Cl)cc1Cl. The summed E-state index contributed by atoms with van der Waals surface area (Å²) < 4.78 is 0. The molecule has 0 radical (unpaired) electrons. The van der Waals surface area contributed by atoms with Gasteiger partial charge >= 0.3 is 0 Å². The highest BCUT2D eigenvalue weighted by Crippen LogP contribution is 2.26. The Morgan fingerprint density at radius 1 is 1.42 bits per heavy atom. The molecule has 1 aromatic rings. The lowest BCUT2D eigenvalue weighted by atomic mass is 10.1. The highest BCUT2D eigenvalue weighted by molar-refractivity contribution is 8.00. The van der Waals surface area contributed by atoms with Crippen LogP contribution in [0, 0.1) is 0 Å². The Bertz CT molecular complexity index is 443. The number of nitrogens with one attached hydrogen (secondary N) is 1. The number of hydrogen-bond donors (Lipinski definition) is 2. The molecule has 2 N–H and O–H groups in total. The molecule has 19 heavy (non-hydrogen) atoms. The second-order valence-electron chi connectivity index (χ2n) is 4.13. The fraction of sp³-hybridized carbons (Fsp3) is 0.462. The molecule has 0 aliphatic heterocycles. The first-order valence-corrected chi connectivity index (χ1v) is 7.74. The summed E-state index contributed by atoms with van der Waals surface area (Å²) in [6.07, 6.45) is 0. The van der Waals surface area contributed by atoms with Gasteiger partial charge in [0.05, 0.1) is 17.9 Å². The lowest BCUT2D eigenvalue weighted by Crippen LogP contribution is -2.33. The first kappa shape index (κ1) is 16.6. The number of aliphatic hydroxyl groups is 1. The average Bonchev–Trinajstić information content (AvgIpc) is 2.35. The number of halogens is 2. The molecule has 0 aromatic heterocycles. The van der Waals surface area contributed by atoms with Crippen LogP contribution in [0.15, 0.2) is 18.2 Å². The smallest absolute Gasteiger partial charge is 0.233 e. The Balaban J connectivity index is 2.63. The normalized spacial score (nSPS) is 13.9. The van der Waals surface area contributed by atoms with Gasteiger partial charge in [-0.2, -0.15) is 0 Å². The zero-order valence-electron chi connectivity index (χ0n) is 10.8. The molecular weight excluding hydrogens is 305 g/mol. The summed E-state index contributed by atoms with van der Waals surface area (Å²) in [5, 5.41) is 12.5. The number of carbonyl (C=O) groups is 1. The lowest BCUT2D eigenvalue weighted by molar-refractivity contribution is -0.120. The molecule has 3 nitrogen and oxygen atoms in total. The largest absolute Gasteiger partial charge is 0.396 e. The van der Waals surface area contributed by atoms with Crippen LogP contribution < -0.4 is 5.32 Å². The maximum absolute atomic E-state index is 11.9. The fourth-order valence-corrected chi connectivity index (χ4v) is 2.82. The van der Waals surface area contributed by atoms with Gasteiger partial charge in [0.2, 0.25) is 5.91 Å². The molecule has 1 aromatic carbocycles. The zero-order valence-corrected chi connectivity index (χ0v) is 13.1. The van der Waals surface area contributed by atoms with Crippen LogP contribution in [0.5, 0.6) is 0 Å². The summed E-state index contributed by atoms with van der Waals surface area (Å²) in [6.45, 7) is 3.75. The first-order valence-electron chi connectivity index (χ1n) is 5.93. The Hall–Kier alpha value is -0.420. The highest BCUT2D eigenvalue weighted by Gasteiger charge is 2.17. The van der Waals surface area contributed by atoms with E-state index in [9.17, 15) is 4.79 Å². The van der Waals surface area contributed by atoms with Crippen molar-refractivity contribution in [2.75, 3.05) is 12.4 Å². The van der Waals surface area contributed by atoms with Gasteiger partial charge in [0, 0.05) is 15.8 Å². The molecule has 0 aliphatic rings. The molecule has 0 fully saturated rings. The van der Waals surface area contributed by atoms with Crippen molar-refractivity contribution in [2.45, 2.75) is 25.1 Å². The molecule has 1 rings (SSSR count). The summed E-state index contributed by atoms with van der Waals surface area (Å²) >= 11 is 13.3. The van der Waals surface area contributed by atoms with Gasteiger partial charge in [-0.25, -0.2) is 0 Å². The minimum atomic E-state index is -0.208. The van der Waals surface area contributed by atoms with Crippen molar-refractivity contribution in [3.8, 4) is 0 Å². The predicted molar refractivity (Wildman–Crippen MR) is 82.0 cm³/mol. The van der Waals surface area contributed by atoms with Gasteiger partial charge in [-0.05, 0) is 31.5 Å². The second-order valence-corrected chi connectivity index (χ2v) is 6.43. The predicted octanol–water partition coefficient (Wildman–Crippen LogP) is 3.28. The summed E-state index contributed by atoms with van der Waals surface area (Å²) in [5.74, 6) is 0.474. The van der Waals surface area contributed by atoms with Crippen molar-refractivity contribution in [2.24, 2.45) is 0 Å². The van der Waals surface area contributed by atoms with E-state index in [0.717, 1.165) is 5.56 Å². The van der Waals surface area contributed by atoms with Gasteiger partial charge in [-0.1, -0.05) is 29.3 Å². The minimum Gasteiger partial charge on any atom is -0.396 e. The lowest BCUT2D eigenvalue weighted by Gasteiger charge is -2.18. The Kier molecular flexibility index (Phi) is 7.00. The zero-order chi connectivity index (χ0) is 14.4. The monoisotopic (exact) mass is 321 g/mol. The van der Waals surface area contributed by atoms with Crippen molar-refractivity contribution < 1.29 is 9.90 Å². The van der Waals surface area contributed by atoms with E-state index < -0.39 is 0 Å². The molecule has 106 valence electrons. The third kappa shape index (κ3) is 5.22. The van der Waals surface area contributed by atoms with Gasteiger partial charge in [-0.15, -0.1) is 11.8 Å². The number of rotatable bonds is 6. The maximum atomic E-state index is 11.9. The van der Waals surface area contributed by atoms with Crippen molar-refractivity contribution in [3.63, 3.8) is 0 Å². The van der Waals surface area contributed by atoms with Crippen LogP contribution in [-0.2, 0) is 4.79 Å². The summed E-state index contributed by atoms with van der Waals surface area (Å²) in [5.41, 5.74) is 0.832. The van der Waals surface area contributed by atoms with Crippen LogP contribution in [0.1, 0.15) is 25.5 Å². The van der Waals surface area contributed by atoms with Crippen LogP contribution in [-0.4, -0.2) is 28.6 Å². The van der Waals surface area contributed by atoms with Crippen molar-refractivity contribution in [3.05, 3.63) is 33.8 Å². The van der Waals surface area contributed by atoms with E-state index in [1.165, 1.54) is 11.8 Å². The van der Waals surface area contributed by atoms with E-state index in [1.54, 1.807) is 18.2 Å². The molecule has 0 spiro atoms. The third-order valence-electron chi connectivity index (χ3n) is 2.62. The Morgan fingerprint density at radius 3 is 2.68 bits per heavy atom. The molecular formula is C13H17Cl2NO2S. The molecule has 0 aliphatic carbocycles. The molecule has 0 bridgehead atoms. The fourth-order valence-electron chi connectivity index (χ4n) is 1.57. The molecule has 1 amide bonds. The van der Waals surface area contributed by atoms with Crippen molar-refractivity contribution >= 4 is 40.9 Å². The second kappa shape index (κ2) is 8.00. The minimum absolute atomic E-state index is 0.0703. The quantitative estimate of drug-likeness (QED) is 0.845. The molecule has 0 saturated carbocycles. The van der Waals surface area contributed by atoms with Gasteiger partial charge in [-0.3, -0.25) is 4.79 Å². The molecule has 0 heterocycles. The van der Waals surface area contributed by atoms with Gasteiger partial charge in [0.15, 0.2) is 0 Å². The Labute approximate surface area is 127 Å². The average molecular weight is 322 g/mol. The maximum Gasteiger partial charge on any atom is 0.233 e. The molecule has 0 saturated heterocycles. The Morgan fingerprint density at radius 2 is 2.11 bits per heavy atom. The third-order valence-corrected chi connectivity index (χ3v) is 4.31. The van der Waals surface area contributed by atoms with Crippen LogP contribution >= 0.6 is 35.0 Å². The van der Waals surface area contributed by atoms with E-state index >= 15 is 0 Å². The molecule has 0 unspecified atom stereocenters. The first-order chi connectivity index (χ1) is 8.95. The summed E-state index contributed by atoms with van der Waals surface area (Å²) in [6, 6.07) is 5.02. The number of hydrogen-bond acceptors (Lipinski definition) is 3. The van der Waals surface area contributed by atoms with E-state index in [4.69, 9.17) is 28.3 Å². The number of aliphatic hydroxyl groups excluding tert-OH is 1. The topological polar surface area (TPSA) is 49.3 Å². The van der Waals surface area contributed by atoms with E-state index in [2.05, 4.69) is 5.32 Å². The van der Waals surface area contributed by atoms with E-state index in [0.29, 0.717) is 15.8 Å². The van der Waals surface area contributed by atoms with Gasteiger partial charge < -0.3 is 10.4 Å². The van der Waals surface area contributed by atoms with Crippen LogP contribution in [0.2, 0.25) is 10.0 Å². The van der Waals surface area contributed by atoms with E-state index in [-0.39, 0.29) is 23.8 Å². The van der Waals surface area contributed by atoms with E-state index in [1.807, 2.05) is 13.8 Å². The van der Waals surface area contributed by atoms with Crippen molar-refractivity contribution in [1.82, 2.24) is 5.32 Å². The molecule has 6 heteroatoms. The van der Waals surface area contributed by atoms with Crippen LogP contribution in [0.25, 0.3) is 0 Å². The van der Waals surface area contributed by atoms with Crippen LogP contribution in [0.3, 0.4) is 0 Å². The number of carbonyl (C=O) groups excluding carboxylic acids is 1. The van der Waals surface area contributed by atoms with Gasteiger partial charge in [0.25, 0.3) is 0 Å². The van der Waals surface area contributed by atoms with Gasteiger partial charge in [0.1, 0.15) is 0 Å². The number of amides is 1. The molecule has 2 atom stereocenters.